The maximum atomic E-state index is 11.4. The highest BCUT2D eigenvalue weighted by molar-refractivity contribution is 5.83. The van der Waals surface area contributed by atoms with Crippen LogP contribution >= 0.6 is 0 Å². The molecule has 0 aromatic carbocycles. The molecule has 1 heterocycles. The number of piperazine rings is 1. The summed E-state index contributed by atoms with van der Waals surface area (Å²) in [7, 11) is 1.73. The topological polar surface area (TPSA) is 49.9 Å². The molecule has 0 N–H and O–H groups in total. The zero-order chi connectivity index (χ0) is 10.7. The van der Waals surface area contributed by atoms with Gasteiger partial charge in [0, 0.05) is 20.1 Å². The number of carbonyl (C=O) groups is 2. The first kappa shape index (κ1) is 10.8. The van der Waals surface area contributed by atoms with Crippen LogP contribution in [0.2, 0.25) is 0 Å². The Hall–Kier alpha value is -1.26. The van der Waals surface area contributed by atoms with Gasteiger partial charge in [-0.05, 0) is 13.8 Å². The Balaban J connectivity index is 2.46. The summed E-state index contributed by atoms with van der Waals surface area (Å²) in [4.78, 5) is 25.7. The van der Waals surface area contributed by atoms with Crippen LogP contribution < -0.4 is 0 Å². The third-order valence-corrected chi connectivity index (χ3v) is 2.05. The van der Waals surface area contributed by atoms with Crippen molar-refractivity contribution in [3.05, 3.63) is 0 Å². The minimum atomic E-state index is -0.401. The van der Waals surface area contributed by atoms with Gasteiger partial charge in [-0.2, -0.15) is 0 Å². The lowest BCUT2D eigenvalue weighted by Crippen LogP contribution is -2.51. The van der Waals surface area contributed by atoms with E-state index >= 15 is 0 Å². The average molecular weight is 200 g/mol. The summed E-state index contributed by atoms with van der Waals surface area (Å²) in [6.07, 6.45) is -0.543. The van der Waals surface area contributed by atoms with Crippen molar-refractivity contribution in [2.45, 2.75) is 20.0 Å². The first-order valence-electron chi connectivity index (χ1n) is 4.70. The first-order valence-corrected chi connectivity index (χ1v) is 4.70. The summed E-state index contributed by atoms with van der Waals surface area (Å²) in [5, 5.41) is 0. The molecule has 0 spiro atoms. The lowest BCUT2D eigenvalue weighted by molar-refractivity contribution is -0.133. The molecule has 0 bridgehead atoms. The van der Waals surface area contributed by atoms with Crippen molar-refractivity contribution in [3.63, 3.8) is 0 Å². The molecular formula is C9H16N2O3. The van der Waals surface area contributed by atoms with Gasteiger partial charge in [-0.25, -0.2) is 4.79 Å². The summed E-state index contributed by atoms with van der Waals surface area (Å²) in [6, 6.07) is 0. The Bertz CT molecular complexity index is 240. The number of ether oxygens (including phenoxy) is 1. The highest BCUT2D eigenvalue weighted by Crippen LogP contribution is 2.04. The molecule has 14 heavy (non-hydrogen) atoms. The molecule has 1 saturated heterocycles. The van der Waals surface area contributed by atoms with Gasteiger partial charge in [0.05, 0.1) is 6.10 Å². The summed E-state index contributed by atoms with van der Waals surface area (Å²) in [5.41, 5.74) is 0. The van der Waals surface area contributed by atoms with Gasteiger partial charge in [-0.1, -0.05) is 0 Å². The SMILES string of the molecule is CC(C)OC(=O)N1CCN(C)C(=O)C1. The average Bonchev–Trinajstić information content (AvgIpc) is 2.08. The molecule has 1 aliphatic heterocycles. The molecule has 0 aromatic rings. The van der Waals surface area contributed by atoms with E-state index in [9.17, 15) is 9.59 Å². The van der Waals surface area contributed by atoms with E-state index in [-0.39, 0.29) is 18.6 Å². The van der Waals surface area contributed by atoms with Crippen molar-refractivity contribution >= 4 is 12.0 Å². The van der Waals surface area contributed by atoms with Crippen LogP contribution in [0, 0.1) is 0 Å². The maximum Gasteiger partial charge on any atom is 0.410 e. The molecule has 1 fully saturated rings. The van der Waals surface area contributed by atoms with Gasteiger partial charge in [0.15, 0.2) is 0 Å². The summed E-state index contributed by atoms with van der Waals surface area (Å²) in [6.45, 7) is 4.83. The van der Waals surface area contributed by atoms with E-state index in [0.29, 0.717) is 13.1 Å². The Morgan fingerprint density at radius 2 is 2.07 bits per heavy atom. The summed E-state index contributed by atoms with van der Waals surface area (Å²) in [5.74, 6) is -0.0445. The molecule has 80 valence electrons. The van der Waals surface area contributed by atoms with Crippen molar-refractivity contribution in [2.75, 3.05) is 26.7 Å². The van der Waals surface area contributed by atoms with E-state index in [1.54, 1.807) is 25.8 Å². The lowest BCUT2D eigenvalue weighted by atomic mass is 10.3. The molecule has 0 aromatic heterocycles. The van der Waals surface area contributed by atoms with Gasteiger partial charge < -0.3 is 9.64 Å². The van der Waals surface area contributed by atoms with Crippen LogP contribution in [0.15, 0.2) is 0 Å². The number of hydrogen-bond acceptors (Lipinski definition) is 3. The van der Waals surface area contributed by atoms with Crippen molar-refractivity contribution in [1.29, 1.82) is 0 Å². The molecule has 5 heteroatoms. The standard InChI is InChI=1S/C9H16N2O3/c1-7(2)14-9(13)11-5-4-10(3)8(12)6-11/h7H,4-6H2,1-3H3. The van der Waals surface area contributed by atoms with Crippen LogP contribution in [0.4, 0.5) is 4.79 Å². The number of carbonyl (C=O) groups excluding carboxylic acids is 2. The molecule has 0 atom stereocenters. The predicted octanol–water partition coefficient (Wildman–Crippen LogP) is 0.305. The molecule has 1 rings (SSSR count). The molecule has 1 aliphatic rings. The Morgan fingerprint density at radius 1 is 1.43 bits per heavy atom. The number of hydrogen-bond donors (Lipinski definition) is 0. The monoisotopic (exact) mass is 200 g/mol. The van der Waals surface area contributed by atoms with Crippen LogP contribution in [-0.4, -0.2) is 54.6 Å². The van der Waals surface area contributed by atoms with Gasteiger partial charge in [0.1, 0.15) is 6.54 Å². The molecule has 5 nitrogen and oxygen atoms in total. The quantitative estimate of drug-likeness (QED) is 0.612. The highest BCUT2D eigenvalue weighted by Gasteiger charge is 2.25. The van der Waals surface area contributed by atoms with Crippen LogP contribution in [0.5, 0.6) is 0 Å². The summed E-state index contributed by atoms with van der Waals surface area (Å²) >= 11 is 0. The van der Waals surface area contributed by atoms with E-state index in [2.05, 4.69) is 0 Å². The Morgan fingerprint density at radius 3 is 2.57 bits per heavy atom. The predicted molar refractivity (Wildman–Crippen MR) is 50.8 cm³/mol. The number of likely N-dealkylation sites (N-methyl/N-ethyl adjacent to an activating group) is 1. The largest absolute Gasteiger partial charge is 0.447 e. The fourth-order valence-corrected chi connectivity index (χ4v) is 1.19. The van der Waals surface area contributed by atoms with Gasteiger partial charge in [0.2, 0.25) is 5.91 Å². The third-order valence-electron chi connectivity index (χ3n) is 2.05. The zero-order valence-corrected chi connectivity index (χ0v) is 8.82. The Kier molecular flexibility index (Phi) is 3.33. The number of nitrogens with zero attached hydrogens (tertiary/aromatic N) is 2. The van der Waals surface area contributed by atoms with E-state index in [0.717, 1.165) is 0 Å². The number of amides is 2. The number of rotatable bonds is 1. The van der Waals surface area contributed by atoms with Crippen molar-refractivity contribution in [3.8, 4) is 0 Å². The first-order chi connectivity index (χ1) is 6.50. The van der Waals surface area contributed by atoms with Gasteiger partial charge in [-0.15, -0.1) is 0 Å². The van der Waals surface area contributed by atoms with E-state index in [4.69, 9.17) is 4.74 Å². The van der Waals surface area contributed by atoms with Crippen molar-refractivity contribution < 1.29 is 14.3 Å². The van der Waals surface area contributed by atoms with Crippen LogP contribution in [0.25, 0.3) is 0 Å². The second kappa shape index (κ2) is 4.30. The van der Waals surface area contributed by atoms with E-state index in [1.807, 2.05) is 0 Å². The maximum absolute atomic E-state index is 11.4. The van der Waals surface area contributed by atoms with E-state index in [1.165, 1.54) is 4.90 Å². The molecule has 0 aliphatic carbocycles. The fourth-order valence-electron chi connectivity index (χ4n) is 1.19. The molecule has 0 saturated carbocycles. The van der Waals surface area contributed by atoms with Gasteiger partial charge in [0.25, 0.3) is 0 Å². The van der Waals surface area contributed by atoms with Crippen molar-refractivity contribution in [1.82, 2.24) is 9.80 Å². The minimum Gasteiger partial charge on any atom is -0.447 e. The second-order valence-corrected chi connectivity index (χ2v) is 3.67. The third kappa shape index (κ3) is 2.61. The molecule has 2 amide bonds. The van der Waals surface area contributed by atoms with Gasteiger partial charge in [-0.3, -0.25) is 9.69 Å². The molecule has 0 radical (unpaired) electrons. The van der Waals surface area contributed by atoms with E-state index < -0.39 is 6.09 Å². The fraction of sp³-hybridized carbons (Fsp3) is 0.778. The van der Waals surface area contributed by atoms with Gasteiger partial charge >= 0.3 is 6.09 Å². The molecule has 0 unspecified atom stereocenters. The second-order valence-electron chi connectivity index (χ2n) is 3.67. The highest BCUT2D eigenvalue weighted by atomic mass is 16.6. The smallest absolute Gasteiger partial charge is 0.410 e. The Labute approximate surface area is 83.6 Å². The van der Waals surface area contributed by atoms with Crippen LogP contribution in [0.3, 0.4) is 0 Å². The minimum absolute atomic E-state index is 0.0445. The summed E-state index contributed by atoms with van der Waals surface area (Å²) < 4.78 is 4.99. The van der Waals surface area contributed by atoms with Crippen molar-refractivity contribution in [2.24, 2.45) is 0 Å². The van der Waals surface area contributed by atoms with Crippen LogP contribution in [0.1, 0.15) is 13.8 Å². The molecular weight excluding hydrogens is 184 g/mol. The normalized spacial score (nSPS) is 17.6. The zero-order valence-electron chi connectivity index (χ0n) is 8.82. The lowest BCUT2D eigenvalue weighted by Gasteiger charge is -2.31. The van der Waals surface area contributed by atoms with Crippen LogP contribution in [-0.2, 0) is 9.53 Å².